The van der Waals surface area contributed by atoms with E-state index in [1.54, 1.807) is 17.5 Å². The van der Waals surface area contributed by atoms with Crippen LogP contribution in [-0.2, 0) is 14.6 Å². The second kappa shape index (κ2) is 5.81. The molecule has 1 heterocycles. The SMILES string of the molecule is COC(=O)c1sccc1NNC(C#N)S(C)(=O)=O. The molecule has 1 rings (SSSR count). The quantitative estimate of drug-likeness (QED) is 0.594. The van der Waals surface area contributed by atoms with Gasteiger partial charge < -0.3 is 10.2 Å². The van der Waals surface area contributed by atoms with E-state index in [2.05, 4.69) is 15.6 Å². The molecule has 0 aliphatic carbocycles. The predicted octanol–water partition coefficient (Wildman–Crippen LogP) is 0.345. The van der Waals surface area contributed by atoms with Gasteiger partial charge in [0.05, 0.1) is 18.9 Å². The van der Waals surface area contributed by atoms with Crippen LogP contribution in [0.5, 0.6) is 0 Å². The van der Waals surface area contributed by atoms with Crippen molar-refractivity contribution in [2.24, 2.45) is 0 Å². The van der Waals surface area contributed by atoms with Crippen LogP contribution in [0.4, 0.5) is 5.69 Å². The van der Waals surface area contributed by atoms with Gasteiger partial charge in [-0.05, 0) is 11.4 Å². The molecule has 18 heavy (non-hydrogen) atoms. The second-order valence-electron chi connectivity index (χ2n) is 3.26. The third-order valence-corrected chi connectivity index (χ3v) is 3.89. The summed E-state index contributed by atoms with van der Waals surface area (Å²) in [5.41, 5.74) is 5.21. The summed E-state index contributed by atoms with van der Waals surface area (Å²) in [5, 5.41) is 8.93. The van der Waals surface area contributed by atoms with Crippen molar-refractivity contribution in [3.05, 3.63) is 16.3 Å². The smallest absolute Gasteiger partial charge is 0.350 e. The molecule has 0 bridgehead atoms. The van der Waals surface area contributed by atoms with Crippen LogP contribution in [0, 0.1) is 11.3 Å². The summed E-state index contributed by atoms with van der Waals surface area (Å²) in [4.78, 5) is 11.6. The maximum absolute atomic E-state index is 11.3. The monoisotopic (exact) mass is 289 g/mol. The first-order valence-electron chi connectivity index (χ1n) is 4.66. The zero-order valence-corrected chi connectivity index (χ0v) is 11.3. The van der Waals surface area contributed by atoms with Crippen LogP contribution in [0.25, 0.3) is 0 Å². The number of esters is 1. The molecule has 0 saturated carbocycles. The van der Waals surface area contributed by atoms with Gasteiger partial charge in [-0.15, -0.1) is 11.3 Å². The van der Waals surface area contributed by atoms with Crippen LogP contribution in [0.1, 0.15) is 9.67 Å². The van der Waals surface area contributed by atoms with E-state index in [-0.39, 0.29) is 4.88 Å². The minimum atomic E-state index is -3.55. The summed E-state index contributed by atoms with van der Waals surface area (Å²) in [7, 11) is -2.31. The summed E-state index contributed by atoms with van der Waals surface area (Å²) in [5.74, 6) is -0.540. The molecule has 0 aliphatic rings. The largest absolute Gasteiger partial charge is 0.465 e. The van der Waals surface area contributed by atoms with Crippen molar-refractivity contribution in [1.82, 2.24) is 5.43 Å². The van der Waals surface area contributed by atoms with E-state index < -0.39 is 21.2 Å². The second-order valence-corrected chi connectivity index (χ2v) is 6.31. The van der Waals surface area contributed by atoms with Gasteiger partial charge in [0.1, 0.15) is 4.88 Å². The molecule has 0 saturated heterocycles. The summed E-state index contributed by atoms with van der Waals surface area (Å²) >= 11 is 1.14. The number of thiophene rings is 1. The van der Waals surface area contributed by atoms with Crippen LogP contribution in [0.3, 0.4) is 0 Å². The third-order valence-electron chi connectivity index (χ3n) is 1.92. The number of hydrazine groups is 1. The summed E-state index contributed by atoms with van der Waals surface area (Å²) in [6, 6.07) is 3.16. The highest BCUT2D eigenvalue weighted by Gasteiger charge is 2.20. The van der Waals surface area contributed by atoms with E-state index in [0.29, 0.717) is 5.69 Å². The molecule has 0 aromatic carbocycles. The van der Waals surface area contributed by atoms with Crippen molar-refractivity contribution >= 4 is 32.8 Å². The lowest BCUT2D eigenvalue weighted by atomic mass is 10.4. The Hall–Kier alpha value is -1.63. The number of hydrogen-bond donors (Lipinski definition) is 2. The first kappa shape index (κ1) is 14.4. The zero-order chi connectivity index (χ0) is 13.8. The Bertz CT molecular complexity index is 573. The zero-order valence-electron chi connectivity index (χ0n) is 9.63. The third kappa shape index (κ3) is 3.43. The lowest BCUT2D eigenvalue weighted by Gasteiger charge is -2.11. The number of nitriles is 1. The van der Waals surface area contributed by atoms with Crippen LogP contribution in [0.2, 0.25) is 0 Å². The molecule has 1 atom stereocenters. The lowest BCUT2D eigenvalue weighted by molar-refractivity contribution is 0.0607. The summed E-state index contributed by atoms with van der Waals surface area (Å²) in [6.45, 7) is 0. The van der Waals surface area contributed by atoms with Gasteiger partial charge in [0.2, 0.25) is 5.37 Å². The first-order valence-corrected chi connectivity index (χ1v) is 7.49. The number of methoxy groups -OCH3 is 1. The van der Waals surface area contributed by atoms with Gasteiger partial charge in [-0.25, -0.2) is 18.6 Å². The van der Waals surface area contributed by atoms with Gasteiger partial charge in [-0.2, -0.15) is 5.26 Å². The van der Waals surface area contributed by atoms with Crippen molar-refractivity contribution < 1.29 is 17.9 Å². The molecular formula is C9H11N3O4S2. The fraction of sp³-hybridized carbons (Fsp3) is 0.333. The number of carbonyl (C=O) groups excluding carboxylic acids is 1. The molecule has 2 N–H and O–H groups in total. The first-order chi connectivity index (χ1) is 8.40. The molecular weight excluding hydrogens is 278 g/mol. The topological polar surface area (TPSA) is 108 Å². The highest BCUT2D eigenvalue weighted by Crippen LogP contribution is 2.22. The maximum atomic E-state index is 11.3. The number of ether oxygens (including phenoxy) is 1. The van der Waals surface area contributed by atoms with Crippen LogP contribution >= 0.6 is 11.3 Å². The van der Waals surface area contributed by atoms with Crippen molar-refractivity contribution in [2.75, 3.05) is 18.8 Å². The maximum Gasteiger partial charge on any atom is 0.350 e. The van der Waals surface area contributed by atoms with Crippen LogP contribution in [0.15, 0.2) is 11.4 Å². The molecule has 1 unspecified atom stereocenters. The number of rotatable bonds is 5. The van der Waals surface area contributed by atoms with E-state index in [1.807, 2.05) is 0 Å². The Kier molecular flexibility index (Phi) is 4.66. The molecule has 1 aromatic rings. The summed E-state index contributed by atoms with van der Waals surface area (Å²) in [6.07, 6.45) is 0.935. The van der Waals surface area contributed by atoms with Gasteiger partial charge in [0, 0.05) is 6.26 Å². The van der Waals surface area contributed by atoms with E-state index >= 15 is 0 Å². The molecule has 0 amide bonds. The van der Waals surface area contributed by atoms with E-state index in [1.165, 1.54) is 7.11 Å². The van der Waals surface area contributed by atoms with Crippen LogP contribution < -0.4 is 10.9 Å². The summed E-state index contributed by atoms with van der Waals surface area (Å²) < 4.78 is 26.9. The van der Waals surface area contributed by atoms with Gasteiger partial charge >= 0.3 is 5.97 Å². The Morgan fingerprint density at radius 3 is 2.78 bits per heavy atom. The van der Waals surface area contributed by atoms with Gasteiger partial charge in [-0.1, -0.05) is 0 Å². The van der Waals surface area contributed by atoms with E-state index in [0.717, 1.165) is 17.6 Å². The van der Waals surface area contributed by atoms with E-state index in [4.69, 9.17) is 5.26 Å². The van der Waals surface area contributed by atoms with Crippen molar-refractivity contribution in [3.63, 3.8) is 0 Å². The fourth-order valence-electron chi connectivity index (χ4n) is 1.04. The normalized spacial score (nSPS) is 12.5. The number of sulfone groups is 1. The Labute approximate surface area is 108 Å². The van der Waals surface area contributed by atoms with Gasteiger partial charge in [-0.3, -0.25) is 0 Å². The van der Waals surface area contributed by atoms with Crippen molar-refractivity contribution in [2.45, 2.75) is 5.37 Å². The Morgan fingerprint density at radius 1 is 1.61 bits per heavy atom. The van der Waals surface area contributed by atoms with Crippen LogP contribution in [-0.4, -0.2) is 33.1 Å². The lowest BCUT2D eigenvalue weighted by Crippen LogP contribution is -2.38. The molecule has 7 nitrogen and oxygen atoms in total. The molecule has 1 aromatic heterocycles. The fourth-order valence-corrected chi connectivity index (χ4v) is 2.27. The average molecular weight is 289 g/mol. The molecule has 0 radical (unpaired) electrons. The molecule has 98 valence electrons. The van der Waals surface area contributed by atoms with Crippen molar-refractivity contribution in [3.8, 4) is 6.07 Å². The average Bonchev–Trinajstić information content (AvgIpc) is 2.75. The highest BCUT2D eigenvalue weighted by molar-refractivity contribution is 7.91. The number of anilines is 1. The Morgan fingerprint density at radius 2 is 2.28 bits per heavy atom. The molecule has 0 fully saturated rings. The van der Waals surface area contributed by atoms with Gasteiger partial charge in [0.25, 0.3) is 0 Å². The molecule has 0 aliphatic heterocycles. The van der Waals surface area contributed by atoms with Crippen molar-refractivity contribution in [1.29, 1.82) is 5.26 Å². The predicted molar refractivity (Wildman–Crippen MR) is 66.7 cm³/mol. The minimum absolute atomic E-state index is 0.287. The standard InChI is InChI=1S/C9H11N3O4S2/c1-16-9(13)8-6(3-4-17-8)11-12-7(5-10)18(2,14)15/h3-4,7,11-12H,1-2H3. The number of nitrogens with zero attached hydrogens (tertiary/aromatic N) is 1. The molecule has 0 spiro atoms. The number of nitrogens with one attached hydrogen (secondary N) is 2. The molecule has 9 heteroatoms. The Balaban J connectivity index is 2.79. The minimum Gasteiger partial charge on any atom is -0.465 e. The highest BCUT2D eigenvalue weighted by atomic mass is 32.2. The van der Waals surface area contributed by atoms with Gasteiger partial charge in [0.15, 0.2) is 9.84 Å². The number of carbonyl (C=O) groups is 1. The number of hydrogen-bond acceptors (Lipinski definition) is 8. The van der Waals surface area contributed by atoms with E-state index in [9.17, 15) is 13.2 Å².